The number of fused-ring (bicyclic) bond motifs is 4. The van der Waals surface area contributed by atoms with Crippen molar-refractivity contribution in [2.75, 3.05) is 0 Å². The molecule has 1 N–H and O–H groups in total. The van der Waals surface area contributed by atoms with Gasteiger partial charge in [-0.05, 0) is 98.2 Å². The maximum absolute atomic E-state index is 10.3. The molecule has 4 aliphatic carbocycles. The maximum atomic E-state index is 10.3. The molecule has 1 heteroatoms. The molecule has 0 amide bonds. The van der Waals surface area contributed by atoms with Gasteiger partial charge in [-0.2, -0.15) is 0 Å². The summed E-state index contributed by atoms with van der Waals surface area (Å²) < 4.78 is 0. The number of aliphatic hydroxyl groups excluding tert-OH is 1. The average molecular weight is 401 g/mol. The first-order valence-electron chi connectivity index (χ1n) is 13.2. The van der Waals surface area contributed by atoms with E-state index in [-0.39, 0.29) is 6.10 Å². The summed E-state index contributed by atoms with van der Waals surface area (Å²) in [6, 6.07) is 0. The van der Waals surface area contributed by atoms with Gasteiger partial charge in [-0.15, -0.1) is 0 Å². The van der Waals surface area contributed by atoms with E-state index in [4.69, 9.17) is 0 Å². The second kappa shape index (κ2) is 8.33. The lowest BCUT2D eigenvalue weighted by atomic mass is 9.50. The monoisotopic (exact) mass is 400 g/mol. The highest BCUT2D eigenvalue weighted by Gasteiger charge is 2.55. The minimum atomic E-state index is -0.0313. The van der Waals surface area contributed by atoms with Crippen molar-refractivity contribution in [1.29, 1.82) is 0 Å². The third kappa shape index (κ3) is 3.77. The zero-order valence-corrected chi connectivity index (χ0v) is 20.1. The van der Waals surface area contributed by atoms with Crippen LogP contribution in [0.1, 0.15) is 118 Å². The molecule has 0 spiro atoms. The van der Waals surface area contributed by atoms with Gasteiger partial charge >= 0.3 is 0 Å². The van der Waals surface area contributed by atoms with Crippen LogP contribution in [0.15, 0.2) is 11.1 Å². The highest BCUT2D eigenvalue weighted by molar-refractivity contribution is 5.34. The van der Waals surface area contributed by atoms with Gasteiger partial charge in [0.25, 0.3) is 0 Å². The molecule has 4 aliphatic rings. The topological polar surface area (TPSA) is 20.2 Å². The van der Waals surface area contributed by atoms with Crippen LogP contribution in [0.25, 0.3) is 0 Å². The van der Waals surface area contributed by atoms with Crippen molar-refractivity contribution >= 4 is 0 Å². The number of hydrogen-bond acceptors (Lipinski definition) is 1. The molecule has 2 fully saturated rings. The quantitative estimate of drug-likeness (QED) is 0.449. The summed E-state index contributed by atoms with van der Waals surface area (Å²) in [4.78, 5) is 0. The molecule has 0 aromatic rings. The predicted octanol–water partition coefficient (Wildman–Crippen LogP) is 7.92. The number of allylic oxidation sites excluding steroid dienone is 2. The lowest BCUT2D eigenvalue weighted by Crippen LogP contribution is -2.45. The molecule has 2 saturated carbocycles. The van der Waals surface area contributed by atoms with E-state index in [1.54, 1.807) is 0 Å². The Morgan fingerprint density at radius 2 is 1.79 bits per heavy atom. The predicted molar refractivity (Wildman–Crippen MR) is 124 cm³/mol. The van der Waals surface area contributed by atoms with Gasteiger partial charge in [0, 0.05) is 0 Å². The summed E-state index contributed by atoms with van der Waals surface area (Å²) in [5, 5.41) is 10.3. The number of aliphatic hydroxyl groups is 1. The van der Waals surface area contributed by atoms with Crippen LogP contribution >= 0.6 is 0 Å². The number of rotatable bonds is 6. The molecule has 0 heterocycles. The van der Waals surface area contributed by atoms with Crippen molar-refractivity contribution in [2.24, 2.45) is 40.4 Å². The van der Waals surface area contributed by atoms with Crippen LogP contribution in [0.3, 0.4) is 0 Å². The Morgan fingerprint density at radius 1 is 1.00 bits per heavy atom. The van der Waals surface area contributed by atoms with Crippen LogP contribution in [0, 0.1) is 40.4 Å². The molecule has 2 unspecified atom stereocenters. The third-order valence-electron chi connectivity index (χ3n) is 10.8. The minimum absolute atomic E-state index is 0.0313. The Hall–Kier alpha value is -0.300. The first kappa shape index (κ1) is 21.9. The Labute approximate surface area is 181 Å². The maximum Gasteiger partial charge on any atom is 0.0543 e. The molecule has 0 aromatic heterocycles. The largest absolute Gasteiger partial charge is 0.393 e. The summed E-state index contributed by atoms with van der Waals surface area (Å²) in [6.07, 6.45) is 17.3. The van der Waals surface area contributed by atoms with E-state index in [1.807, 2.05) is 11.1 Å². The molecule has 0 aromatic carbocycles. The summed E-state index contributed by atoms with van der Waals surface area (Å²) in [7, 11) is 0. The van der Waals surface area contributed by atoms with E-state index < -0.39 is 0 Å². The standard InChI is InChI=1S/C28H48O/c1-6-19(2)8-7-9-20(3)24-12-13-25-23-11-10-21-18-22(29)14-16-27(21,4)26(23)15-17-28(24,25)5/h19-22,24-25,29H,6-18H2,1-5H3/t19?,20?,21-,22-,24+,25-,27-,28+/m0/s1. The van der Waals surface area contributed by atoms with Crippen molar-refractivity contribution in [2.45, 2.75) is 124 Å². The van der Waals surface area contributed by atoms with Gasteiger partial charge in [0.05, 0.1) is 6.10 Å². The van der Waals surface area contributed by atoms with Crippen LogP contribution in [-0.4, -0.2) is 11.2 Å². The molecular formula is C28H48O. The molecule has 1 nitrogen and oxygen atoms in total. The third-order valence-corrected chi connectivity index (χ3v) is 10.8. The van der Waals surface area contributed by atoms with Gasteiger partial charge < -0.3 is 5.11 Å². The SMILES string of the molecule is CCC(C)CCCC(C)[C@H]1CC[C@H]2C3=C(CC[C@]12C)[C@@]1(C)CC[C@H](O)C[C@@H]1CC3. The summed E-state index contributed by atoms with van der Waals surface area (Å²) in [5.41, 5.74) is 4.77. The van der Waals surface area contributed by atoms with Crippen molar-refractivity contribution in [3.63, 3.8) is 0 Å². The zero-order valence-electron chi connectivity index (χ0n) is 20.1. The Balaban J connectivity index is 1.49. The van der Waals surface area contributed by atoms with Gasteiger partial charge in [0.2, 0.25) is 0 Å². The Bertz CT molecular complexity index is 620. The van der Waals surface area contributed by atoms with Crippen LogP contribution < -0.4 is 0 Å². The molecule has 0 radical (unpaired) electrons. The normalized spacial score (nSPS) is 44.1. The lowest BCUT2D eigenvalue weighted by molar-refractivity contribution is 0.0132. The minimum Gasteiger partial charge on any atom is -0.393 e. The summed E-state index contributed by atoms with van der Waals surface area (Å²) >= 11 is 0. The van der Waals surface area contributed by atoms with Gasteiger partial charge in [-0.25, -0.2) is 0 Å². The highest BCUT2D eigenvalue weighted by Crippen LogP contribution is 2.66. The van der Waals surface area contributed by atoms with Crippen LogP contribution in [0.4, 0.5) is 0 Å². The first-order valence-corrected chi connectivity index (χ1v) is 13.2. The van der Waals surface area contributed by atoms with Gasteiger partial charge in [-0.3, -0.25) is 0 Å². The van der Waals surface area contributed by atoms with Crippen molar-refractivity contribution < 1.29 is 5.11 Å². The van der Waals surface area contributed by atoms with Gasteiger partial charge in [-0.1, -0.05) is 71.4 Å². The summed E-state index contributed by atoms with van der Waals surface area (Å²) in [6.45, 7) is 12.6. The van der Waals surface area contributed by atoms with Crippen LogP contribution in [0.5, 0.6) is 0 Å². The van der Waals surface area contributed by atoms with Crippen molar-refractivity contribution in [3.05, 3.63) is 11.1 Å². The van der Waals surface area contributed by atoms with E-state index in [0.29, 0.717) is 10.8 Å². The van der Waals surface area contributed by atoms with E-state index in [9.17, 15) is 5.11 Å². The smallest absolute Gasteiger partial charge is 0.0543 e. The van der Waals surface area contributed by atoms with E-state index in [2.05, 4.69) is 34.6 Å². The molecule has 0 aliphatic heterocycles. The lowest BCUT2D eigenvalue weighted by Gasteiger charge is -2.55. The van der Waals surface area contributed by atoms with Gasteiger partial charge in [0.15, 0.2) is 0 Å². The second-order valence-electron chi connectivity index (χ2n) is 12.2. The second-order valence-corrected chi connectivity index (χ2v) is 12.2. The highest BCUT2D eigenvalue weighted by atomic mass is 16.3. The average Bonchev–Trinajstić information content (AvgIpc) is 3.05. The van der Waals surface area contributed by atoms with E-state index in [1.165, 1.54) is 70.6 Å². The van der Waals surface area contributed by atoms with Crippen LogP contribution in [0.2, 0.25) is 0 Å². The summed E-state index contributed by atoms with van der Waals surface area (Å²) in [5.74, 6) is 4.36. The Kier molecular flexibility index (Phi) is 6.29. The molecular weight excluding hydrogens is 352 g/mol. The molecule has 0 saturated heterocycles. The molecule has 8 atom stereocenters. The zero-order chi connectivity index (χ0) is 20.8. The molecule has 29 heavy (non-hydrogen) atoms. The van der Waals surface area contributed by atoms with Gasteiger partial charge in [0.1, 0.15) is 0 Å². The van der Waals surface area contributed by atoms with E-state index in [0.717, 1.165) is 42.4 Å². The number of hydrogen-bond donors (Lipinski definition) is 1. The first-order chi connectivity index (χ1) is 13.8. The van der Waals surface area contributed by atoms with Crippen LogP contribution in [-0.2, 0) is 0 Å². The fourth-order valence-corrected chi connectivity index (χ4v) is 8.61. The molecule has 0 bridgehead atoms. The fourth-order valence-electron chi connectivity index (χ4n) is 8.61. The molecule has 166 valence electrons. The Morgan fingerprint density at radius 3 is 2.55 bits per heavy atom. The van der Waals surface area contributed by atoms with E-state index >= 15 is 0 Å². The van der Waals surface area contributed by atoms with Crippen molar-refractivity contribution in [1.82, 2.24) is 0 Å². The fraction of sp³-hybridized carbons (Fsp3) is 0.929. The molecule has 4 rings (SSSR count). The van der Waals surface area contributed by atoms with Crippen molar-refractivity contribution in [3.8, 4) is 0 Å².